The van der Waals surface area contributed by atoms with Crippen LogP contribution in [-0.4, -0.2) is 54.6 Å². The monoisotopic (exact) mass is 333 g/mol. The van der Waals surface area contributed by atoms with E-state index in [1.165, 1.54) is 44.2 Å². The number of urea groups is 1. The van der Waals surface area contributed by atoms with Gasteiger partial charge in [0, 0.05) is 38.8 Å². The van der Waals surface area contributed by atoms with Gasteiger partial charge in [0.05, 0.1) is 0 Å². The van der Waals surface area contributed by atoms with Crippen molar-refractivity contribution in [2.24, 2.45) is 0 Å². The molecule has 1 aliphatic heterocycles. The average Bonchev–Trinajstić information content (AvgIpc) is 2.64. The number of nitrogens with one attached hydrogen (secondary N) is 1. The van der Waals surface area contributed by atoms with Gasteiger partial charge in [-0.1, -0.05) is 31.4 Å². The van der Waals surface area contributed by atoms with Crippen LogP contribution in [0.5, 0.6) is 0 Å². The topological polar surface area (TPSA) is 35.6 Å². The van der Waals surface area contributed by atoms with Crippen LogP contribution in [0.4, 0.5) is 9.18 Å². The first-order valence-corrected chi connectivity index (χ1v) is 9.23. The summed E-state index contributed by atoms with van der Waals surface area (Å²) in [6.07, 6.45) is 7.47. The van der Waals surface area contributed by atoms with Crippen molar-refractivity contribution in [2.75, 3.05) is 32.7 Å². The van der Waals surface area contributed by atoms with Gasteiger partial charge < -0.3 is 10.2 Å². The Morgan fingerprint density at radius 3 is 2.38 bits per heavy atom. The van der Waals surface area contributed by atoms with Crippen LogP contribution < -0.4 is 5.32 Å². The first-order valence-electron chi connectivity index (χ1n) is 9.23. The Balaban J connectivity index is 1.36. The lowest BCUT2D eigenvalue weighted by molar-refractivity contribution is 0.0907. The van der Waals surface area contributed by atoms with Crippen LogP contribution in [0.25, 0.3) is 0 Å². The third-order valence-corrected chi connectivity index (χ3v) is 5.30. The van der Waals surface area contributed by atoms with Gasteiger partial charge in [-0.3, -0.25) is 4.90 Å². The molecule has 1 N–H and O–H groups in total. The molecule has 1 saturated carbocycles. The second-order valence-electron chi connectivity index (χ2n) is 6.92. The van der Waals surface area contributed by atoms with Gasteiger partial charge in [-0.15, -0.1) is 0 Å². The number of hydrogen-bond acceptors (Lipinski definition) is 2. The highest BCUT2D eigenvalue weighted by Crippen LogP contribution is 2.23. The van der Waals surface area contributed by atoms with Gasteiger partial charge in [-0.25, -0.2) is 9.18 Å². The minimum atomic E-state index is -0.223. The summed E-state index contributed by atoms with van der Waals surface area (Å²) in [4.78, 5) is 16.8. The predicted octanol–water partition coefficient (Wildman–Crippen LogP) is 3.03. The summed E-state index contributed by atoms with van der Waals surface area (Å²) in [6.45, 7) is 4.22. The third-order valence-electron chi connectivity index (χ3n) is 5.30. The molecule has 0 radical (unpaired) electrons. The van der Waals surface area contributed by atoms with E-state index in [0.717, 1.165) is 44.2 Å². The van der Waals surface area contributed by atoms with Crippen molar-refractivity contribution >= 4 is 6.03 Å². The zero-order valence-electron chi connectivity index (χ0n) is 14.3. The van der Waals surface area contributed by atoms with Crippen LogP contribution in [0, 0.1) is 5.82 Å². The van der Waals surface area contributed by atoms with Crippen LogP contribution in [0.1, 0.15) is 37.7 Å². The standard InChI is InChI=1S/C19H28FN3O/c20-17-8-6-16(7-9-17)10-11-21-19(24)23-14-12-22(13-15-23)18-4-2-1-3-5-18/h6-9,18H,1-5,10-15H2,(H,21,24). The Labute approximate surface area is 144 Å². The van der Waals surface area contributed by atoms with Crippen LogP contribution >= 0.6 is 0 Å². The molecule has 1 aliphatic carbocycles. The maximum Gasteiger partial charge on any atom is 0.317 e. The van der Waals surface area contributed by atoms with Crippen molar-refractivity contribution in [3.05, 3.63) is 35.6 Å². The molecule has 1 aromatic carbocycles. The second kappa shape index (κ2) is 8.47. The zero-order chi connectivity index (χ0) is 16.8. The smallest absolute Gasteiger partial charge is 0.317 e. The molecule has 2 aliphatic rings. The Hall–Kier alpha value is -1.62. The largest absolute Gasteiger partial charge is 0.338 e. The van der Waals surface area contributed by atoms with E-state index in [1.807, 2.05) is 4.90 Å². The number of hydrogen-bond donors (Lipinski definition) is 1. The van der Waals surface area contributed by atoms with Gasteiger partial charge in [-0.05, 0) is 37.0 Å². The quantitative estimate of drug-likeness (QED) is 0.919. The minimum Gasteiger partial charge on any atom is -0.338 e. The Kier molecular flexibility index (Phi) is 6.07. The minimum absolute atomic E-state index is 0.0282. The number of piperazine rings is 1. The van der Waals surface area contributed by atoms with Crippen molar-refractivity contribution in [1.82, 2.24) is 15.1 Å². The molecule has 0 aromatic heterocycles. The number of halogens is 1. The molecule has 132 valence electrons. The summed E-state index contributed by atoms with van der Waals surface area (Å²) in [7, 11) is 0. The molecule has 4 nitrogen and oxygen atoms in total. The molecule has 5 heteroatoms. The van der Waals surface area contributed by atoms with Crippen LogP contribution in [0.3, 0.4) is 0 Å². The highest BCUT2D eigenvalue weighted by atomic mass is 19.1. The molecule has 0 bridgehead atoms. The second-order valence-corrected chi connectivity index (χ2v) is 6.92. The van der Waals surface area contributed by atoms with E-state index >= 15 is 0 Å². The Morgan fingerprint density at radius 1 is 1.04 bits per heavy atom. The summed E-state index contributed by atoms with van der Waals surface area (Å²) in [5, 5.41) is 2.98. The summed E-state index contributed by atoms with van der Waals surface area (Å²) < 4.78 is 12.9. The number of rotatable bonds is 4. The summed E-state index contributed by atoms with van der Waals surface area (Å²) in [5.41, 5.74) is 1.04. The Morgan fingerprint density at radius 2 is 1.71 bits per heavy atom. The fourth-order valence-electron chi connectivity index (χ4n) is 3.81. The highest BCUT2D eigenvalue weighted by Gasteiger charge is 2.26. The van der Waals surface area contributed by atoms with Crippen molar-refractivity contribution < 1.29 is 9.18 Å². The lowest BCUT2D eigenvalue weighted by atomic mass is 9.94. The lowest BCUT2D eigenvalue weighted by Gasteiger charge is -2.40. The van der Waals surface area contributed by atoms with E-state index in [0.29, 0.717) is 6.54 Å². The van der Waals surface area contributed by atoms with Crippen LogP contribution in [0.2, 0.25) is 0 Å². The first-order chi connectivity index (χ1) is 11.7. The lowest BCUT2D eigenvalue weighted by Crippen LogP contribution is -2.54. The Bertz CT molecular complexity index is 520. The fourth-order valence-corrected chi connectivity index (χ4v) is 3.81. The molecular weight excluding hydrogens is 305 g/mol. The first kappa shape index (κ1) is 17.2. The molecule has 1 saturated heterocycles. The van der Waals surface area contributed by atoms with E-state index in [-0.39, 0.29) is 11.8 Å². The zero-order valence-corrected chi connectivity index (χ0v) is 14.3. The van der Waals surface area contributed by atoms with Crippen molar-refractivity contribution in [1.29, 1.82) is 0 Å². The van der Waals surface area contributed by atoms with Crippen molar-refractivity contribution in [2.45, 2.75) is 44.6 Å². The number of carbonyl (C=O) groups is 1. The van der Waals surface area contributed by atoms with Gasteiger partial charge in [0.15, 0.2) is 0 Å². The predicted molar refractivity (Wildman–Crippen MR) is 93.5 cm³/mol. The van der Waals surface area contributed by atoms with E-state index in [2.05, 4.69) is 10.2 Å². The van der Waals surface area contributed by atoms with Gasteiger partial charge in [0.25, 0.3) is 0 Å². The molecule has 24 heavy (non-hydrogen) atoms. The summed E-state index contributed by atoms with van der Waals surface area (Å²) >= 11 is 0. The number of benzene rings is 1. The molecule has 0 atom stereocenters. The van der Waals surface area contributed by atoms with Crippen molar-refractivity contribution in [3.8, 4) is 0 Å². The molecule has 2 fully saturated rings. The highest BCUT2D eigenvalue weighted by molar-refractivity contribution is 5.74. The SMILES string of the molecule is O=C(NCCc1ccc(F)cc1)N1CCN(C2CCCCC2)CC1. The fraction of sp³-hybridized carbons (Fsp3) is 0.632. The third kappa shape index (κ3) is 4.69. The number of carbonyl (C=O) groups excluding carboxylic acids is 1. The normalized spacial score (nSPS) is 20.1. The van der Waals surface area contributed by atoms with E-state index < -0.39 is 0 Å². The van der Waals surface area contributed by atoms with E-state index in [4.69, 9.17) is 0 Å². The van der Waals surface area contributed by atoms with Crippen LogP contribution in [0.15, 0.2) is 24.3 Å². The summed E-state index contributed by atoms with van der Waals surface area (Å²) in [6, 6.07) is 7.22. The molecule has 0 unspecified atom stereocenters. The molecule has 3 rings (SSSR count). The van der Waals surface area contributed by atoms with Gasteiger partial charge in [0.1, 0.15) is 5.82 Å². The molecular formula is C19H28FN3O. The number of nitrogens with zero attached hydrogens (tertiary/aromatic N) is 2. The molecule has 2 amide bonds. The summed E-state index contributed by atoms with van der Waals surface area (Å²) in [5.74, 6) is -0.223. The van der Waals surface area contributed by atoms with Crippen LogP contribution in [-0.2, 0) is 6.42 Å². The van der Waals surface area contributed by atoms with E-state index in [1.54, 1.807) is 12.1 Å². The average molecular weight is 333 g/mol. The number of amides is 2. The van der Waals surface area contributed by atoms with E-state index in [9.17, 15) is 9.18 Å². The van der Waals surface area contributed by atoms with Gasteiger partial charge in [0.2, 0.25) is 0 Å². The maximum atomic E-state index is 12.9. The maximum absolute atomic E-state index is 12.9. The van der Waals surface area contributed by atoms with Gasteiger partial charge in [-0.2, -0.15) is 0 Å². The molecule has 1 heterocycles. The van der Waals surface area contributed by atoms with Crippen molar-refractivity contribution in [3.63, 3.8) is 0 Å². The molecule has 1 aromatic rings. The van der Waals surface area contributed by atoms with Gasteiger partial charge >= 0.3 is 6.03 Å². The molecule has 0 spiro atoms.